The predicted molar refractivity (Wildman–Crippen MR) is 51.0 cm³/mol. The maximum atomic E-state index is 11.4. The lowest BCUT2D eigenvalue weighted by Gasteiger charge is -2.06. The van der Waals surface area contributed by atoms with E-state index in [1.807, 2.05) is 0 Å². The molecule has 0 fully saturated rings. The molecule has 0 aliphatic rings. The zero-order chi connectivity index (χ0) is 11.0. The molecule has 76 valence electrons. The van der Waals surface area contributed by atoms with Crippen molar-refractivity contribution in [2.24, 2.45) is 0 Å². The van der Waals surface area contributed by atoms with Gasteiger partial charge in [-0.2, -0.15) is 0 Å². The minimum Gasteiger partial charge on any atom is -0.872 e. The lowest BCUT2D eigenvalue weighted by molar-refractivity contribution is -0.268. The molecule has 0 radical (unpaired) electrons. The van der Waals surface area contributed by atoms with E-state index >= 15 is 0 Å². The van der Waals surface area contributed by atoms with Gasteiger partial charge in [0.05, 0.1) is 0 Å². The second-order valence-corrected chi connectivity index (χ2v) is 3.06. The number of rotatable bonds is 1. The number of fused-ring (bicyclic) bond motifs is 1. The SMILES string of the molecule is O=C(O)c1cc(=O)c2cc([O-])ccc2[nH]1. The summed E-state index contributed by atoms with van der Waals surface area (Å²) in [5.74, 6) is -1.49. The third kappa shape index (κ3) is 1.54. The Morgan fingerprint density at radius 3 is 2.73 bits per heavy atom. The van der Waals surface area contributed by atoms with Gasteiger partial charge in [0, 0.05) is 17.0 Å². The maximum absolute atomic E-state index is 11.4. The van der Waals surface area contributed by atoms with E-state index in [2.05, 4.69) is 4.98 Å². The fourth-order valence-corrected chi connectivity index (χ4v) is 1.34. The molecular formula is C10H6NO4-. The molecule has 15 heavy (non-hydrogen) atoms. The Morgan fingerprint density at radius 1 is 1.33 bits per heavy atom. The summed E-state index contributed by atoms with van der Waals surface area (Å²) in [6, 6.07) is 4.80. The first kappa shape index (κ1) is 9.26. The van der Waals surface area contributed by atoms with Crippen molar-refractivity contribution in [3.63, 3.8) is 0 Å². The number of hydrogen-bond acceptors (Lipinski definition) is 3. The molecule has 0 spiro atoms. The lowest BCUT2D eigenvalue weighted by Crippen LogP contribution is -2.09. The van der Waals surface area contributed by atoms with Crippen LogP contribution >= 0.6 is 0 Å². The summed E-state index contributed by atoms with van der Waals surface area (Å²) in [5.41, 5.74) is -0.315. The van der Waals surface area contributed by atoms with E-state index in [1.54, 1.807) is 0 Å². The number of pyridine rings is 1. The molecule has 0 aliphatic heterocycles. The Balaban J connectivity index is 2.84. The van der Waals surface area contributed by atoms with E-state index in [9.17, 15) is 14.7 Å². The molecule has 1 aromatic heterocycles. The Kier molecular flexibility index (Phi) is 1.93. The van der Waals surface area contributed by atoms with E-state index in [0.29, 0.717) is 5.52 Å². The Bertz CT molecular complexity index is 600. The van der Waals surface area contributed by atoms with Crippen LogP contribution in [0.2, 0.25) is 0 Å². The molecule has 0 bridgehead atoms. The third-order valence-electron chi connectivity index (χ3n) is 2.03. The first-order valence-corrected chi connectivity index (χ1v) is 4.15. The van der Waals surface area contributed by atoms with E-state index in [4.69, 9.17) is 5.11 Å². The molecule has 0 saturated heterocycles. The van der Waals surface area contributed by atoms with Crippen molar-refractivity contribution in [3.8, 4) is 5.75 Å². The van der Waals surface area contributed by atoms with Crippen molar-refractivity contribution in [3.05, 3.63) is 40.2 Å². The molecule has 2 rings (SSSR count). The summed E-state index contributed by atoms with van der Waals surface area (Å²) in [4.78, 5) is 24.6. The highest BCUT2D eigenvalue weighted by Gasteiger charge is 2.06. The van der Waals surface area contributed by atoms with Crippen LogP contribution in [-0.4, -0.2) is 16.1 Å². The molecular weight excluding hydrogens is 198 g/mol. The summed E-state index contributed by atoms with van der Waals surface area (Å²) in [6.45, 7) is 0. The van der Waals surface area contributed by atoms with Gasteiger partial charge in [0.1, 0.15) is 5.69 Å². The van der Waals surface area contributed by atoms with Crippen molar-refractivity contribution in [2.75, 3.05) is 0 Å². The largest absolute Gasteiger partial charge is 0.872 e. The first-order chi connectivity index (χ1) is 7.08. The van der Waals surface area contributed by atoms with Gasteiger partial charge in [0.25, 0.3) is 0 Å². The van der Waals surface area contributed by atoms with E-state index in [-0.39, 0.29) is 16.8 Å². The van der Waals surface area contributed by atoms with Gasteiger partial charge in [-0.25, -0.2) is 4.79 Å². The number of aromatic carboxylic acids is 1. The Labute approximate surface area is 83.6 Å². The van der Waals surface area contributed by atoms with Crippen LogP contribution in [0, 0.1) is 0 Å². The standard InChI is InChI=1S/C10H7NO4/c12-5-1-2-7-6(3-5)9(13)4-8(11-7)10(14)15/h1-4,12H,(H,11,13)(H,14,15)/p-1. The van der Waals surface area contributed by atoms with E-state index in [1.165, 1.54) is 18.2 Å². The van der Waals surface area contributed by atoms with Crippen LogP contribution in [0.3, 0.4) is 0 Å². The minimum atomic E-state index is -1.21. The topological polar surface area (TPSA) is 93.2 Å². The number of H-pyrrole nitrogens is 1. The van der Waals surface area contributed by atoms with Gasteiger partial charge < -0.3 is 15.2 Å². The lowest BCUT2D eigenvalue weighted by atomic mass is 10.2. The predicted octanol–water partition coefficient (Wildman–Crippen LogP) is 0.300. The summed E-state index contributed by atoms with van der Waals surface area (Å²) in [6.07, 6.45) is 0. The molecule has 0 atom stereocenters. The number of benzene rings is 1. The van der Waals surface area contributed by atoms with Crippen molar-refractivity contribution >= 4 is 16.9 Å². The Hall–Kier alpha value is -2.30. The number of carboxylic acids is 1. The Morgan fingerprint density at radius 2 is 2.07 bits per heavy atom. The quantitative estimate of drug-likeness (QED) is 0.698. The molecule has 1 heterocycles. The molecule has 1 aromatic carbocycles. The molecule has 0 unspecified atom stereocenters. The number of aromatic nitrogens is 1. The molecule has 5 nitrogen and oxygen atoms in total. The highest BCUT2D eigenvalue weighted by atomic mass is 16.4. The normalized spacial score (nSPS) is 10.4. The van der Waals surface area contributed by atoms with Crippen molar-refractivity contribution in [1.29, 1.82) is 0 Å². The van der Waals surface area contributed by atoms with Crippen LogP contribution in [0.4, 0.5) is 0 Å². The number of carboxylic acid groups (broad SMARTS) is 1. The minimum absolute atomic E-state index is 0.189. The van der Waals surface area contributed by atoms with Crippen LogP contribution in [-0.2, 0) is 0 Å². The number of carbonyl (C=O) groups is 1. The number of nitrogens with one attached hydrogen (secondary N) is 1. The van der Waals surface area contributed by atoms with Gasteiger partial charge in [-0.1, -0.05) is 12.1 Å². The monoisotopic (exact) mass is 204 g/mol. The van der Waals surface area contributed by atoms with Gasteiger partial charge in [-0.05, 0) is 6.07 Å². The van der Waals surface area contributed by atoms with Gasteiger partial charge in [-0.3, -0.25) is 4.79 Å². The fourth-order valence-electron chi connectivity index (χ4n) is 1.34. The van der Waals surface area contributed by atoms with Gasteiger partial charge in [0.15, 0.2) is 5.43 Å². The molecule has 2 N–H and O–H groups in total. The van der Waals surface area contributed by atoms with Gasteiger partial charge in [-0.15, -0.1) is 5.75 Å². The first-order valence-electron chi connectivity index (χ1n) is 4.15. The van der Waals surface area contributed by atoms with Gasteiger partial charge >= 0.3 is 5.97 Å². The van der Waals surface area contributed by atoms with Crippen LogP contribution < -0.4 is 10.5 Å². The summed E-state index contributed by atoms with van der Waals surface area (Å²) >= 11 is 0. The summed E-state index contributed by atoms with van der Waals surface area (Å²) in [7, 11) is 0. The third-order valence-corrected chi connectivity index (χ3v) is 2.03. The zero-order valence-electron chi connectivity index (χ0n) is 7.48. The number of aromatic amines is 1. The second-order valence-electron chi connectivity index (χ2n) is 3.06. The van der Waals surface area contributed by atoms with Crippen LogP contribution in [0.5, 0.6) is 5.75 Å². The average Bonchev–Trinajstić information content (AvgIpc) is 2.18. The average molecular weight is 204 g/mol. The molecule has 0 amide bonds. The summed E-state index contributed by atoms with van der Waals surface area (Å²) < 4.78 is 0. The number of hydrogen-bond donors (Lipinski definition) is 2. The van der Waals surface area contributed by atoms with Crippen molar-refractivity contribution < 1.29 is 15.0 Å². The molecule has 5 heteroatoms. The summed E-state index contributed by atoms with van der Waals surface area (Å²) in [5, 5.41) is 19.9. The highest BCUT2D eigenvalue weighted by molar-refractivity contribution is 5.89. The van der Waals surface area contributed by atoms with E-state index in [0.717, 1.165) is 6.07 Å². The second kappa shape index (κ2) is 3.13. The molecule has 0 aliphatic carbocycles. The smallest absolute Gasteiger partial charge is 0.352 e. The van der Waals surface area contributed by atoms with Crippen LogP contribution in [0.25, 0.3) is 10.9 Å². The van der Waals surface area contributed by atoms with Crippen LogP contribution in [0.15, 0.2) is 29.1 Å². The van der Waals surface area contributed by atoms with Gasteiger partial charge in [0.2, 0.25) is 0 Å². The molecule has 2 aromatic rings. The molecule has 0 saturated carbocycles. The maximum Gasteiger partial charge on any atom is 0.352 e. The van der Waals surface area contributed by atoms with E-state index < -0.39 is 11.4 Å². The fraction of sp³-hybridized carbons (Fsp3) is 0. The highest BCUT2D eigenvalue weighted by Crippen LogP contribution is 2.13. The van der Waals surface area contributed by atoms with Crippen molar-refractivity contribution in [1.82, 2.24) is 4.98 Å². The van der Waals surface area contributed by atoms with Crippen LogP contribution in [0.1, 0.15) is 10.5 Å². The van der Waals surface area contributed by atoms with Crippen molar-refractivity contribution in [2.45, 2.75) is 0 Å². The zero-order valence-corrected chi connectivity index (χ0v) is 7.48.